The summed E-state index contributed by atoms with van der Waals surface area (Å²) in [7, 11) is 6.26. The lowest BCUT2D eigenvalue weighted by Gasteiger charge is -2.14. The molecule has 0 aliphatic heterocycles. The number of nitrogens with zero attached hydrogens (tertiary/aromatic N) is 2. The molecule has 4 aromatic rings. The third-order valence-corrected chi connectivity index (χ3v) is 7.70. The molecule has 0 aliphatic rings. The van der Waals surface area contributed by atoms with Crippen LogP contribution in [-0.4, -0.2) is 117 Å². The number of phenolic OH excluding ortho intramolecular Hbond substituents is 2. The zero-order chi connectivity index (χ0) is 37.0. The van der Waals surface area contributed by atoms with E-state index in [0.29, 0.717) is 100 Å². The molecule has 2 N–H and O–H groups in total. The quantitative estimate of drug-likeness (QED) is 0.0687. The third kappa shape index (κ3) is 11.7. The molecule has 278 valence electrons. The molecule has 0 aliphatic carbocycles. The molecule has 0 radical (unpaired) electrons. The van der Waals surface area contributed by atoms with Crippen molar-refractivity contribution in [3.8, 4) is 56.8 Å². The van der Waals surface area contributed by atoms with Crippen LogP contribution in [0.5, 0.6) is 34.5 Å². The normalized spacial score (nSPS) is 11.4. The summed E-state index contributed by atoms with van der Waals surface area (Å²) < 4.78 is 44.0. The molecule has 0 bridgehead atoms. The molecule has 0 spiro atoms. The van der Waals surface area contributed by atoms with Crippen LogP contribution in [0.25, 0.3) is 22.3 Å². The highest BCUT2D eigenvalue weighted by molar-refractivity contribution is 5.90. The monoisotopic (exact) mass is 716 g/mol. The summed E-state index contributed by atoms with van der Waals surface area (Å²) in [5.41, 5.74) is 4.20. The molecule has 0 atom stereocenters. The van der Waals surface area contributed by atoms with Gasteiger partial charge >= 0.3 is 0 Å². The zero-order valence-electron chi connectivity index (χ0n) is 30.2. The first-order valence-corrected chi connectivity index (χ1v) is 16.9. The summed E-state index contributed by atoms with van der Waals surface area (Å²) in [4.78, 5) is 9.01. The minimum Gasteiger partial charge on any atom is -0.504 e. The molecule has 0 aromatic heterocycles. The van der Waals surface area contributed by atoms with Gasteiger partial charge < -0.3 is 48.1 Å². The van der Waals surface area contributed by atoms with E-state index in [9.17, 15) is 10.2 Å². The van der Waals surface area contributed by atoms with Gasteiger partial charge in [-0.3, -0.25) is 9.98 Å². The van der Waals surface area contributed by atoms with Crippen molar-refractivity contribution in [1.82, 2.24) is 0 Å². The van der Waals surface area contributed by atoms with Gasteiger partial charge in [-0.25, -0.2) is 0 Å². The van der Waals surface area contributed by atoms with Crippen LogP contribution in [-0.2, 0) is 18.9 Å². The third-order valence-electron chi connectivity index (χ3n) is 7.70. The van der Waals surface area contributed by atoms with E-state index in [1.807, 2.05) is 60.7 Å². The van der Waals surface area contributed by atoms with Crippen LogP contribution in [0.2, 0.25) is 0 Å². The average molecular weight is 717 g/mol. The summed E-state index contributed by atoms with van der Waals surface area (Å²) in [5.74, 6) is 1.90. The largest absolute Gasteiger partial charge is 0.504 e. The van der Waals surface area contributed by atoms with E-state index in [2.05, 4.69) is 9.98 Å². The predicted molar refractivity (Wildman–Crippen MR) is 201 cm³/mol. The maximum absolute atomic E-state index is 10.9. The summed E-state index contributed by atoms with van der Waals surface area (Å²) >= 11 is 0. The highest BCUT2D eigenvalue weighted by Gasteiger charge is 2.15. The summed E-state index contributed by atoms with van der Waals surface area (Å²) in [6, 6.07) is 22.4. The fraction of sp³-hybridized carbons (Fsp3) is 0.350. The highest BCUT2D eigenvalue weighted by Crippen LogP contribution is 2.39. The van der Waals surface area contributed by atoms with Crippen LogP contribution >= 0.6 is 0 Å². The van der Waals surface area contributed by atoms with Gasteiger partial charge in [-0.05, 0) is 47.5 Å². The van der Waals surface area contributed by atoms with Crippen LogP contribution in [0.4, 0.5) is 0 Å². The molecule has 0 saturated carbocycles. The fourth-order valence-electron chi connectivity index (χ4n) is 5.09. The van der Waals surface area contributed by atoms with Crippen LogP contribution in [0.3, 0.4) is 0 Å². The van der Waals surface area contributed by atoms with Crippen LogP contribution in [0.1, 0.15) is 11.1 Å². The van der Waals surface area contributed by atoms with Crippen LogP contribution < -0.4 is 18.9 Å². The first kappa shape index (κ1) is 39.6. The van der Waals surface area contributed by atoms with Crippen molar-refractivity contribution < 1.29 is 48.1 Å². The van der Waals surface area contributed by atoms with Gasteiger partial charge in [0.05, 0.1) is 67.0 Å². The number of aliphatic imine (C=N–C) groups is 2. The van der Waals surface area contributed by atoms with E-state index in [0.717, 1.165) is 22.3 Å². The topological polar surface area (TPSA) is 139 Å². The van der Waals surface area contributed by atoms with E-state index < -0.39 is 0 Å². The van der Waals surface area contributed by atoms with Crippen molar-refractivity contribution in [1.29, 1.82) is 0 Å². The predicted octanol–water partition coefficient (Wildman–Crippen LogP) is 6.07. The van der Waals surface area contributed by atoms with E-state index in [4.69, 9.17) is 37.9 Å². The minimum absolute atomic E-state index is 0.0276. The van der Waals surface area contributed by atoms with Gasteiger partial charge in [0, 0.05) is 48.9 Å². The van der Waals surface area contributed by atoms with Gasteiger partial charge in [0.15, 0.2) is 23.0 Å². The number of ether oxygens (including phenoxy) is 8. The fourth-order valence-corrected chi connectivity index (χ4v) is 5.09. The number of para-hydroxylation sites is 2. The molecule has 4 rings (SSSR count). The Labute approximate surface area is 305 Å². The van der Waals surface area contributed by atoms with Crippen LogP contribution in [0.15, 0.2) is 82.8 Å². The number of benzene rings is 4. The number of aromatic hydroxyl groups is 2. The molecule has 52 heavy (non-hydrogen) atoms. The van der Waals surface area contributed by atoms with Crippen LogP contribution in [0, 0.1) is 0 Å². The molecule has 0 amide bonds. The Bertz CT molecular complexity index is 1620. The van der Waals surface area contributed by atoms with Crippen molar-refractivity contribution in [3.63, 3.8) is 0 Å². The Morgan fingerprint density at radius 2 is 0.904 bits per heavy atom. The van der Waals surface area contributed by atoms with Crippen molar-refractivity contribution in [2.24, 2.45) is 9.98 Å². The second-order valence-corrected chi connectivity index (χ2v) is 11.2. The summed E-state index contributed by atoms with van der Waals surface area (Å²) in [6.45, 7) is 4.26. The first-order valence-electron chi connectivity index (χ1n) is 16.9. The molecular formula is C40H48N2O10. The molecule has 12 nitrogen and oxygen atoms in total. The lowest BCUT2D eigenvalue weighted by Crippen LogP contribution is -2.10. The first-order chi connectivity index (χ1) is 25.5. The Morgan fingerprint density at radius 3 is 1.31 bits per heavy atom. The van der Waals surface area contributed by atoms with Gasteiger partial charge in [-0.2, -0.15) is 0 Å². The molecule has 0 unspecified atom stereocenters. The van der Waals surface area contributed by atoms with E-state index in [-0.39, 0.29) is 11.5 Å². The molecular weight excluding hydrogens is 668 g/mol. The lowest BCUT2D eigenvalue weighted by molar-refractivity contribution is 0.0545. The average Bonchev–Trinajstić information content (AvgIpc) is 3.17. The van der Waals surface area contributed by atoms with Gasteiger partial charge in [0.1, 0.15) is 24.7 Å². The number of hydrogen-bond donors (Lipinski definition) is 2. The van der Waals surface area contributed by atoms with Gasteiger partial charge in [-0.1, -0.05) is 36.4 Å². The van der Waals surface area contributed by atoms with E-state index in [1.54, 1.807) is 38.8 Å². The molecule has 0 heterocycles. The van der Waals surface area contributed by atoms with Crippen molar-refractivity contribution >= 4 is 12.4 Å². The molecule has 4 aromatic carbocycles. The van der Waals surface area contributed by atoms with Crippen molar-refractivity contribution in [2.75, 3.05) is 94.4 Å². The van der Waals surface area contributed by atoms with E-state index in [1.165, 1.54) is 14.2 Å². The zero-order valence-corrected chi connectivity index (χ0v) is 30.2. The highest BCUT2D eigenvalue weighted by atomic mass is 16.5. The molecule has 12 heteroatoms. The Kier molecular flexibility index (Phi) is 16.7. The number of hydrogen-bond acceptors (Lipinski definition) is 12. The lowest BCUT2D eigenvalue weighted by atomic mass is 10.0. The van der Waals surface area contributed by atoms with E-state index >= 15 is 0 Å². The van der Waals surface area contributed by atoms with Gasteiger partial charge in [0.2, 0.25) is 0 Å². The molecule has 0 saturated heterocycles. The second kappa shape index (κ2) is 21.9. The summed E-state index contributed by atoms with van der Waals surface area (Å²) in [6.07, 6.45) is 3.18. The maximum atomic E-state index is 10.9. The smallest absolute Gasteiger partial charge is 0.166 e. The standard InChI is InChI=1S/C40H48N2O10/c1-45-15-17-49-19-21-51-35-11-7-5-9-33(35)29-23-31(39(43)37(25-29)47-3)27-41-13-14-42-28-32-24-30(26-38(48-4)40(32)44)34-10-6-8-12-36(34)52-22-20-50-18-16-46-2/h5-12,23-28,43-44H,13-22H2,1-4H3. The molecule has 0 fully saturated rings. The minimum atomic E-state index is -0.0276. The Balaban J connectivity index is 1.44. The number of methoxy groups -OCH3 is 4. The van der Waals surface area contributed by atoms with Gasteiger partial charge in [0.25, 0.3) is 0 Å². The van der Waals surface area contributed by atoms with Gasteiger partial charge in [-0.15, -0.1) is 0 Å². The van der Waals surface area contributed by atoms with Crippen molar-refractivity contribution in [2.45, 2.75) is 0 Å². The Hall–Kier alpha value is -5.14. The van der Waals surface area contributed by atoms with Crippen molar-refractivity contribution in [3.05, 3.63) is 83.9 Å². The second-order valence-electron chi connectivity index (χ2n) is 11.2. The summed E-state index contributed by atoms with van der Waals surface area (Å²) in [5, 5.41) is 21.7. The number of rotatable bonds is 23. The maximum Gasteiger partial charge on any atom is 0.166 e. The SMILES string of the molecule is COCCOCCOc1ccccc1-c1cc(C=NCCN=Cc2cc(-c3ccccc3OCCOCCOC)cc(OC)c2O)c(O)c(OC)c1. The number of phenols is 2. The Morgan fingerprint density at radius 1 is 0.500 bits per heavy atom.